The Labute approximate surface area is 68.3 Å². The predicted octanol–water partition coefficient (Wildman–Crippen LogP) is 0.876. The molecule has 1 atom stereocenters. The molecule has 0 spiro atoms. The average Bonchev–Trinajstić information content (AvgIpc) is 1.79. The van der Waals surface area contributed by atoms with Gasteiger partial charge in [-0.2, -0.15) is 0 Å². The number of hydrogen-bond donors (Lipinski definition) is 1. The van der Waals surface area contributed by atoms with Gasteiger partial charge in [0.05, 0.1) is 5.25 Å². The summed E-state index contributed by atoms with van der Waals surface area (Å²) >= 11 is 0. The van der Waals surface area contributed by atoms with Gasteiger partial charge >= 0.3 is 0 Å². The first-order chi connectivity index (χ1) is 4.89. The zero-order valence-electron chi connectivity index (χ0n) is 6.95. The zero-order valence-corrected chi connectivity index (χ0v) is 7.76. The summed E-state index contributed by atoms with van der Waals surface area (Å²) < 4.78 is 21.8. The molecule has 0 unspecified atom stereocenters. The number of sulfonamides is 1. The highest BCUT2D eigenvalue weighted by Crippen LogP contribution is 2.13. The van der Waals surface area contributed by atoms with Gasteiger partial charge in [-0.1, -0.05) is 19.9 Å². The third-order valence-electron chi connectivity index (χ3n) is 1.56. The summed E-state index contributed by atoms with van der Waals surface area (Å²) in [6, 6.07) is 0. The van der Waals surface area contributed by atoms with Crippen molar-refractivity contribution >= 4 is 10.0 Å². The summed E-state index contributed by atoms with van der Waals surface area (Å²) in [4.78, 5) is 0. The van der Waals surface area contributed by atoms with Gasteiger partial charge in [0.2, 0.25) is 10.0 Å². The van der Waals surface area contributed by atoms with E-state index in [-0.39, 0.29) is 5.92 Å². The molecule has 3 nitrogen and oxygen atoms in total. The lowest BCUT2D eigenvalue weighted by atomic mass is 10.1. The fourth-order valence-corrected chi connectivity index (χ4v) is 2.11. The van der Waals surface area contributed by atoms with Crippen molar-refractivity contribution < 1.29 is 8.42 Å². The second kappa shape index (κ2) is 3.88. The second-order valence-corrected chi connectivity index (χ2v) is 4.68. The van der Waals surface area contributed by atoms with E-state index in [1.807, 2.05) is 13.8 Å². The molecule has 0 amide bonds. The van der Waals surface area contributed by atoms with E-state index < -0.39 is 15.3 Å². The SMILES string of the molecule is C=CC[C@H](C(C)C)S(N)(=O)=O. The van der Waals surface area contributed by atoms with Crippen LogP contribution in [0.1, 0.15) is 20.3 Å². The molecule has 0 aromatic carbocycles. The minimum atomic E-state index is -3.40. The monoisotopic (exact) mass is 177 g/mol. The maximum Gasteiger partial charge on any atom is 0.212 e. The largest absolute Gasteiger partial charge is 0.228 e. The predicted molar refractivity (Wildman–Crippen MR) is 46.5 cm³/mol. The van der Waals surface area contributed by atoms with Gasteiger partial charge in [-0.25, -0.2) is 13.6 Å². The van der Waals surface area contributed by atoms with Gasteiger partial charge in [0.1, 0.15) is 0 Å². The molecule has 2 N–H and O–H groups in total. The molecule has 0 aliphatic rings. The highest BCUT2D eigenvalue weighted by Gasteiger charge is 2.22. The third-order valence-corrected chi connectivity index (χ3v) is 3.15. The lowest BCUT2D eigenvalue weighted by Crippen LogP contribution is -2.32. The summed E-state index contributed by atoms with van der Waals surface area (Å²) in [6.45, 7) is 7.14. The van der Waals surface area contributed by atoms with Crippen LogP contribution in [0, 0.1) is 5.92 Å². The van der Waals surface area contributed by atoms with Crippen LogP contribution >= 0.6 is 0 Å². The Balaban J connectivity index is 4.48. The van der Waals surface area contributed by atoms with E-state index in [2.05, 4.69) is 6.58 Å². The molecule has 0 heterocycles. The Bertz CT molecular complexity index is 219. The Morgan fingerprint density at radius 1 is 1.55 bits per heavy atom. The van der Waals surface area contributed by atoms with E-state index in [0.29, 0.717) is 6.42 Å². The van der Waals surface area contributed by atoms with Crippen molar-refractivity contribution in [1.29, 1.82) is 0 Å². The van der Waals surface area contributed by atoms with Crippen molar-refractivity contribution in [1.82, 2.24) is 0 Å². The van der Waals surface area contributed by atoms with Crippen LogP contribution in [-0.4, -0.2) is 13.7 Å². The molecule has 0 aliphatic heterocycles. The van der Waals surface area contributed by atoms with E-state index >= 15 is 0 Å². The van der Waals surface area contributed by atoms with Crippen LogP contribution in [0.15, 0.2) is 12.7 Å². The number of primary sulfonamides is 1. The van der Waals surface area contributed by atoms with E-state index in [0.717, 1.165) is 0 Å². The fourth-order valence-electron chi connectivity index (χ4n) is 0.950. The van der Waals surface area contributed by atoms with E-state index in [4.69, 9.17) is 5.14 Å². The minimum Gasteiger partial charge on any atom is -0.228 e. The molecule has 0 bridgehead atoms. The minimum absolute atomic E-state index is 0.0444. The molecule has 4 heteroatoms. The molecule has 0 saturated carbocycles. The maximum atomic E-state index is 10.9. The molecule has 0 radical (unpaired) electrons. The van der Waals surface area contributed by atoms with Crippen LogP contribution in [0.5, 0.6) is 0 Å². The molecular weight excluding hydrogens is 162 g/mol. The molecule has 0 aromatic rings. The summed E-state index contributed by atoms with van der Waals surface area (Å²) in [5, 5.41) is 4.51. The van der Waals surface area contributed by atoms with Gasteiger partial charge in [0.15, 0.2) is 0 Å². The van der Waals surface area contributed by atoms with Crippen molar-refractivity contribution in [2.75, 3.05) is 0 Å². The highest BCUT2D eigenvalue weighted by atomic mass is 32.2. The van der Waals surface area contributed by atoms with Gasteiger partial charge in [-0.3, -0.25) is 0 Å². The van der Waals surface area contributed by atoms with Crippen LogP contribution in [0.4, 0.5) is 0 Å². The summed E-state index contributed by atoms with van der Waals surface area (Å²) in [7, 11) is -3.40. The van der Waals surface area contributed by atoms with Gasteiger partial charge in [0, 0.05) is 0 Å². The first kappa shape index (κ1) is 10.7. The normalized spacial score (nSPS) is 14.9. The maximum absolute atomic E-state index is 10.9. The number of allylic oxidation sites excluding steroid dienone is 1. The molecule has 0 aromatic heterocycles. The van der Waals surface area contributed by atoms with Gasteiger partial charge in [-0.15, -0.1) is 6.58 Å². The Hall–Kier alpha value is -0.350. The smallest absolute Gasteiger partial charge is 0.212 e. The lowest BCUT2D eigenvalue weighted by Gasteiger charge is -2.15. The Morgan fingerprint density at radius 2 is 2.00 bits per heavy atom. The highest BCUT2D eigenvalue weighted by molar-refractivity contribution is 7.89. The molecular formula is C7H15NO2S. The van der Waals surface area contributed by atoms with Crippen molar-refractivity contribution in [3.8, 4) is 0 Å². The van der Waals surface area contributed by atoms with E-state index in [1.54, 1.807) is 6.08 Å². The summed E-state index contributed by atoms with van der Waals surface area (Å²) in [6.07, 6.45) is 2.01. The molecule has 0 fully saturated rings. The third kappa shape index (κ3) is 3.53. The number of nitrogens with two attached hydrogens (primary N) is 1. The van der Waals surface area contributed by atoms with Crippen LogP contribution in [0.25, 0.3) is 0 Å². The fraction of sp³-hybridized carbons (Fsp3) is 0.714. The average molecular weight is 177 g/mol. The first-order valence-corrected chi connectivity index (χ1v) is 5.13. The molecule has 0 saturated heterocycles. The summed E-state index contributed by atoms with van der Waals surface area (Å²) in [5.74, 6) is 0.0444. The number of hydrogen-bond acceptors (Lipinski definition) is 2. The number of rotatable bonds is 4. The molecule has 11 heavy (non-hydrogen) atoms. The van der Waals surface area contributed by atoms with Crippen LogP contribution in [0.3, 0.4) is 0 Å². The first-order valence-electron chi connectivity index (χ1n) is 3.52. The van der Waals surface area contributed by atoms with Crippen molar-refractivity contribution in [2.45, 2.75) is 25.5 Å². The van der Waals surface area contributed by atoms with Crippen LogP contribution in [-0.2, 0) is 10.0 Å². The van der Waals surface area contributed by atoms with E-state index in [1.165, 1.54) is 0 Å². The van der Waals surface area contributed by atoms with Gasteiger partial charge in [-0.05, 0) is 12.3 Å². The van der Waals surface area contributed by atoms with Crippen molar-refractivity contribution in [2.24, 2.45) is 11.1 Å². The molecule has 66 valence electrons. The topological polar surface area (TPSA) is 60.2 Å². The van der Waals surface area contributed by atoms with Crippen molar-refractivity contribution in [3.05, 3.63) is 12.7 Å². The zero-order chi connectivity index (χ0) is 9.07. The summed E-state index contributed by atoms with van der Waals surface area (Å²) in [5.41, 5.74) is 0. The van der Waals surface area contributed by atoms with Crippen LogP contribution < -0.4 is 5.14 Å². The quantitative estimate of drug-likeness (QED) is 0.648. The van der Waals surface area contributed by atoms with E-state index in [9.17, 15) is 8.42 Å². The van der Waals surface area contributed by atoms with Gasteiger partial charge in [0.25, 0.3) is 0 Å². The van der Waals surface area contributed by atoms with Gasteiger partial charge < -0.3 is 0 Å². The second-order valence-electron chi connectivity index (χ2n) is 2.90. The standard InChI is InChI=1S/C7H15NO2S/c1-4-5-7(6(2)3)11(8,9)10/h4,6-7H,1,5H2,2-3H3,(H2,8,9,10)/t7-/m1/s1. The van der Waals surface area contributed by atoms with Crippen LogP contribution in [0.2, 0.25) is 0 Å². The lowest BCUT2D eigenvalue weighted by molar-refractivity contribution is 0.533. The Morgan fingerprint density at radius 3 is 2.09 bits per heavy atom. The van der Waals surface area contributed by atoms with Crippen molar-refractivity contribution in [3.63, 3.8) is 0 Å². The molecule has 0 rings (SSSR count). The Kier molecular flexibility index (Phi) is 3.75. The molecule has 0 aliphatic carbocycles.